The van der Waals surface area contributed by atoms with Crippen molar-refractivity contribution in [3.8, 4) is 17.2 Å². The molecule has 4 unspecified atom stereocenters. The number of halogens is 1. The molecule has 5 rings (SSSR count). The summed E-state index contributed by atoms with van der Waals surface area (Å²) in [5.41, 5.74) is 2.68. The van der Waals surface area contributed by atoms with Gasteiger partial charge in [0, 0.05) is 30.0 Å². The molecule has 0 saturated carbocycles. The Bertz CT molecular complexity index is 1660. The number of Topliss-reactive ketones (excluding diaryl/α,β-unsaturated/α-hetero) is 1. The summed E-state index contributed by atoms with van der Waals surface area (Å²) in [6, 6.07) is 26.8. The minimum absolute atomic E-state index is 0.208. The topological polar surface area (TPSA) is 94.2 Å². The van der Waals surface area contributed by atoms with Gasteiger partial charge in [0.25, 0.3) is 0 Å². The number of nitrogens with zero attached hydrogens (tertiary/aromatic N) is 1. The van der Waals surface area contributed by atoms with Gasteiger partial charge in [-0.05, 0) is 77.4 Å². The maximum absolute atomic E-state index is 14.6. The Balaban J connectivity index is 1.65. The number of hydrogen-bond donors (Lipinski definition) is 1. The van der Waals surface area contributed by atoms with Crippen LogP contribution in [-0.2, 0) is 16.1 Å². The maximum atomic E-state index is 14.6. The average Bonchev–Trinajstić information content (AvgIpc) is 3.44. The number of ketones is 1. The van der Waals surface area contributed by atoms with Crippen molar-refractivity contribution in [2.75, 3.05) is 21.3 Å². The summed E-state index contributed by atoms with van der Waals surface area (Å²) in [5, 5.41) is 3.49. The Labute approximate surface area is 267 Å². The van der Waals surface area contributed by atoms with E-state index in [4.69, 9.17) is 25.8 Å². The molecule has 1 heterocycles. The molecule has 0 spiro atoms. The van der Waals surface area contributed by atoms with E-state index in [2.05, 4.69) is 5.32 Å². The lowest BCUT2D eigenvalue weighted by molar-refractivity contribution is -0.139. The molecule has 8 nitrogen and oxygen atoms in total. The third-order valence-corrected chi connectivity index (χ3v) is 8.53. The Morgan fingerprint density at radius 2 is 1.31 bits per heavy atom. The van der Waals surface area contributed by atoms with E-state index in [1.54, 1.807) is 75.9 Å². The third-order valence-electron chi connectivity index (χ3n) is 8.29. The zero-order chi connectivity index (χ0) is 32.1. The molecule has 45 heavy (non-hydrogen) atoms. The first-order valence-electron chi connectivity index (χ1n) is 14.5. The minimum atomic E-state index is -1.01. The van der Waals surface area contributed by atoms with Gasteiger partial charge in [0.2, 0.25) is 11.8 Å². The number of carbonyl (C=O) groups is 3. The monoisotopic (exact) mass is 626 g/mol. The van der Waals surface area contributed by atoms with E-state index in [1.807, 2.05) is 42.5 Å². The second-order valence-electron chi connectivity index (χ2n) is 10.9. The highest BCUT2D eigenvalue weighted by molar-refractivity contribution is 6.30. The van der Waals surface area contributed by atoms with Gasteiger partial charge in [-0.15, -0.1) is 0 Å². The highest BCUT2D eigenvalue weighted by Gasteiger charge is 2.56. The molecule has 2 amide bonds. The molecule has 4 aromatic rings. The fourth-order valence-electron chi connectivity index (χ4n) is 6.16. The lowest BCUT2D eigenvalue weighted by Crippen LogP contribution is -2.47. The second kappa shape index (κ2) is 13.9. The smallest absolute Gasteiger partial charge is 0.243 e. The standard InChI is InChI=1S/C36H35ClN2O6/c1-22(40)39-33(26-6-5-7-27(37)20-26)32(35(41)25-12-18-30(45-4)19-13-25)31(24-10-16-29(44-3)17-11-24)34(39)36(42)38-21-23-8-14-28(43-2)15-9-23/h5-20,31-34H,21H2,1-4H3,(H,38,42). The molecule has 1 aliphatic rings. The summed E-state index contributed by atoms with van der Waals surface area (Å²) in [6.07, 6.45) is 0. The molecule has 0 radical (unpaired) electrons. The van der Waals surface area contributed by atoms with Gasteiger partial charge >= 0.3 is 0 Å². The molecule has 9 heteroatoms. The van der Waals surface area contributed by atoms with Crippen LogP contribution < -0.4 is 19.5 Å². The molecule has 0 aromatic heterocycles. The van der Waals surface area contributed by atoms with Crippen LogP contribution in [0.2, 0.25) is 5.02 Å². The van der Waals surface area contributed by atoms with Crippen LogP contribution in [0.25, 0.3) is 0 Å². The zero-order valence-corrected chi connectivity index (χ0v) is 26.3. The highest BCUT2D eigenvalue weighted by atomic mass is 35.5. The van der Waals surface area contributed by atoms with Crippen LogP contribution in [0.1, 0.15) is 45.9 Å². The van der Waals surface area contributed by atoms with E-state index in [9.17, 15) is 14.4 Å². The number of rotatable bonds is 10. The van der Waals surface area contributed by atoms with Crippen molar-refractivity contribution in [2.45, 2.75) is 31.5 Å². The zero-order valence-electron chi connectivity index (χ0n) is 25.5. The lowest BCUT2D eigenvalue weighted by Gasteiger charge is -2.30. The lowest BCUT2D eigenvalue weighted by atomic mass is 9.76. The number of amides is 2. The van der Waals surface area contributed by atoms with Crippen LogP contribution in [0.5, 0.6) is 17.2 Å². The fraction of sp³-hybridized carbons (Fsp3) is 0.250. The Morgan fingerprint density at radius 3 is 1.84 bits per heavy atom. The van der Waals surface area contributed by atoms with Crippen molar-refractivity contribution < 1.29 is 28.6 Å². The van der Waals surface area contributed by atoms with Crippen LogP contribution >= 0.6 is 11.6 Å². The highest BCUT2D eigenvalue weighted by Crippen LogP contribution is 2.51. The molecule has 0 bridgehead atoms. The van der Waals surface area contributed by atoms with Gasteiger partial charge in [-0.3, -0.25) is 14.4 Å². The van der Waals surface area contributed by atoms with Crippen LogP contribution in [0.4, 0.5) is 0 Å². The van der Waals surface area contributed by atoms with Crippen molar-refractivity contribution in [1.29, 1.82) is 0 Å². The molecule has 1 fully saturated rings. The molecule has 1 N–H and O–H groups in total. The summed E-state index contributed by atoms with van der Waals surface area (Å²) in [6.45, 7) is 1.64. The number of likely N-dealkylation sites (tertiary alicyclic amines) is 1. The number of benzene rings is 4. The van der Waals surface area contributed by atoms with Crippen molar-refractivity contribution in [3.63, 3.8) is 0 Å². The summed E-state index contributed by atoms with van der Waals surface area (Å²) < 4.78 is 16.0. The predicted molar refractivity (Wildman–Crippen MR) is 172 cm³/mol. The number of nitrogens with one attached hydrogen (secondary N) is 1. The molecular formula is C36H35ClN2O6. The first-order chi connectivity index (χ1) is 21.7. The van der Waals surface area contributed by atoms with Gasteiger partial charge in [-0.25, -0.2) is 0 Å². The van der Waals surface area contributed by atoms with Gasteiger partial charge < -0.3 is 24.4 Å². The molecule has 4 aromatic carbocycles. The van der Waals surface area contributed by atoms with Crippen LogP contribution in [0, 0.1) is 5.92 Å². The van der Waals surface area contributed by atoms with Gasteiger partial charge in [0.05, 0.1) is 33.3 Å². The largest absolute Gasteiger partial charge is 0.497 e. The summed E-state index contributed by atoms with van der Waals surface area (Å²) in [7, 11) is 4.72. The van der Waals surface area contributed by atoms with Gasteiger partial charge in [0.15, 0.2) is 5.78 Å². The first kappa shape index (κ1) is 31.6. The molecule has 232 valence electrons. The normalized spacial score (nSPS) is 19.1. The van der Waals surface area contributed by atoms with E-state index in [1.165, 1.54) is 11.8 Å². The Morgan fingerprint density at radius 1 is 0.756 bits per heavy atom. The van der Waals surface area contributed by atoms with Crippen molar-refractivity contribution in [2.24, 2.45) is 5.92 Å². The second-order valence-corrected chi connectivity index (χ2v) is 11.3. The number of hydrogen-bond acceptors (Lipinski definition) is 6. The van der Waals surface area contributed by atoms with E-state index >= 15 is 0 Å². The predicted octanol–water partition coefficient (Wildman–Crippen LogP) is 6.24. The van der Waals surface area contributed by atoms with Gasteiger partial charge in [0.1, 0.15) is 23.3 Å². The van der Waals surface area contributed by atoms with Gasteiger partial charge in [-0.1, -0.05) is 48.0 Å². The average molecular weight is 627 g/mol. The fourth-order valence-corrected chi connectivity index (χ4v) is 6.36. The summed E-state index contributed by atoms with van der Waals surface area (Å²) in [5.74, 6) is -0.512. The third kappa shape index (κ3) is 6.66. The first-order valence-corrected chi connectivity index (χ1v) is 14.9. The van der Waals surface area contributed by atoms with Crippen molar-refractivity contribution in [3.05, 3.63) is 124 Å². The van der Waals surface area contributed by atoms with E-state index in [-0.39, 0.29) is 24.1 Å². The molecule has 1 aliphatic heterocycles. The Kier molecular flexibility index (Phi) is 9.74. The quantitative estimate of drug-likeness (QED) is 0.210. The van der Waals surface area contributed by atoms with Crippen LogP contribution in [0.15, 0.2) is 97.1 Å². The summed E-state index contributed by atoms with van der Waals surface area (Å²) in [4.78, 5) is 44.0. The molecule has 1 saturated heterocycles. The van der Waals surface area contributed by atoms with Gasteiger partial charge in [-0.2, -0.15) is 0 Å². The van der Waals surface area contributed by atoms with E-state index in [0.717, 1.165) is 11.1 Å². The SMILES string of the molecule is COc1ccc(CNC(=O)C2C(c3ccc(OC)cc3)C(C(=O)c3ccc(OC)cc3)C(c3cccc(Cl)c3)N2C(C)=O)cc1. The van der Waals surface area contributed by atoms with E-state index < -0.39 is 23.9 Å². The van der Waals surface area contributed by atoms with Crippen LogP contribution in [0.3, 0.4) is 0 Å². The number of carbonyl (C=O) groups excluding carboxylic acids is 3. The number of ether oxygens (including phenoxy) is 3. The molecule has 4 atom stereocenters. The minimum Gasteiger partial charge on any atom is -0.497 e. The molecular weight excluding hydrogens is 592 g/mol. The Hall–Kier alpha value is -4.82. The van der Waals surface area contributed by atoms with E-state index in [0.29, 0.717) is 33.4 Å². The maximum Gasteiger partial charge on any atom is 0.243 e. The summed E-state index contributed by atoms with van der Waals surface area (Å²) >= 11 is 6.45. The van der Waals surface area contributed by atoms with Crippen LogP contribution in [-0.4, -0.2) is 49.9 Å². The molecule has 0 aliphatic carbocycles. The number of methoxy groups -OCH3 is 3. The van der Waals surface area contributed by atoms with Crippen molar-refractivity contribution in [1.82, 2.24) is 10.2 Å². The van der Waals surface area contributed by atoms with Crippen molar-refractivity contribution >= 4 is 29.2 Å².